The second kappa shape index (κ2) is 5.72. The third-order valence-corrected chi connectivity index (χ3v) is 3.40. The fourth-order valence-electron chi connectivity index (χ4n) is 2.69. The number of hydrogen-bond acceptors (Lipinski definition) is 1. The van der Waals surface area contributed by atoms with E-state index in [1.807, 2.05) is 0 Å². The van der Waals surface area contributed by atoms with Crippen molar-refractivity contribution in [3.05, 3.63) is 0 Å². The van der Waals surface area contributed by atoms with Crippen LogP contribution in [0.5, 0.6) is 0 Å². The molecular weight excluding hydrogens is 174 g/mol. The van der Waals surface area contributed by atoms with Crippen LogP contribution in [0.15, 0.2) is 0 Å². The molecule has 1 aliphatic heterocycles. The van der Waals surface area contributed by atoms with E-state index in [0.717, 1.165) is 51.6 Å². The highest BCUT2D eigenvalue weighted by Gasteiger charge is 2.35. The summed E-state index contributed by atoms with van der Waals surface area (Å²) in [7, 11) is 0. The lowest BCUT2D eigenvalue weighted by Crippen LogP contribution is -2.42. The van der Waals surface area contributed by atoms with Crippen molar-refractivity contribution in [1.29, 1.82) is 0 Å². The first-order valence-electron chi connectivity index (χ1n) is 6.08. The summed E-state index contributed by atoms with van der Waals surface area (Å²) in [5.41, 5.74) is -0.389. The van der Waals surface area contributed by atoms with Gasteiger partial charge < -0.3 is 5.11 Å². The largest absolute Gasteiger partial charge is 0.390 e. The zero-order valence-corrected chi connectivity index (χ0v) is 9.63. The van der Waals surface area contributed by atoms with Gasteiger partial charge in [0.1, 0.15) is 0 Å². The summed E-state index contributed by atoms with van der Waals surface area (Å²) < 4.78 is 0. The molecule has 0 spiro atoms. The van der Waals surface area contributed by atoms with Gasteiger partial charge in [0.25, 0.3) is 0 Å². The predicted octanol–water partition coefficient (Wildman–Crippen LogP) is 2.33. The van der Waals surface area contributed by atoms with E-state index in [1.165, 1.54) is 0 Å². The Morgan fingerprint density at radius 1 is 1.14 bits per heavy atom. The Hall–Kier alpha value is -0.0800. The molecule has 0 aliphatic carbocycles. The predicted molar refractivity (Wildman–Crippen MR) is 59.4 cm³/mol. The maximum Gasteiger partial charge on any atom is 0.0676 e. The lowest BCUT2D eigenvalue weighted by Gasteiger charge is -2.38. The van der Waals surface area contributed by atoms with Crippen LogP contribution in [0, 0.1) is 5.92 Å². The minimum absolute atomic E-state index is 0.389. The van der Waals surface area contributed by atoms with Gasteiger partial charge in [-0.1, -0.05) is 26.7 Å². The first-order chi connectivity index (χ1) is 6.73. The fourth-order valence-corrected chi connectivity index (χ4v) is 2.69. The van der Waals surface area contributed by atoms with Crippen LogP contribution in [0.4, 0.5) is 0 Å². The van der Waals surface area contributed by atoms with Crippen LogP contribution in [0.2, 0.25) is 0 Å². The molecule has 0 unspecified atom stereocenters. The molecule has 1 heterocycles. The van der Waals surface area contributed by atoms with Crippen LogP contribution in [0.25, 0.3) is 0 Å². The smallest absolute Gasteiger partial charge is 0.0676 e. The van der Waals surface area contributed by atoms with Crippen molar-refractivity contribution in [3.8, 4) is 0 Å². The average molecular weight is 198 g/mol. The molecule has 14 heavy (non-hydrogen) atoms. The quantitative estimate of drug-likeness (QED) is 0.723. The monoisotopic (exact) mass is 198 g/mol. The summed E-state index contributed by atoms with van der Waals surface area (Å²) in [5.74, 6) is 0.500. The lowest BCUT2D eigenvalue weighted by atomic mass is 9.75. The zero-order valence-electron chi connectivity index (χ0n) is 9.63. The van der Waals surface area contributed by atoms with Gasteiger partial charge in [-0.25, -0.2) is 5.32 Å². The van der Waals surface area contributed by atoms with Gasteiger partial charge in [0.05, 0.1) is 5.60 Å². The molecule has 1 fully saturated rings. The Kier molecular flexibility index (Phi) is 4.90. The summed E-state index contributed by atoms with van der Waals surface area (Å²) in [5, 5.41) is 14.9. The first-order valence-corrected chi connectivity index (χ1v) is 6.08. The Balaban J connectivity index is 2.54. The van der Waals surface area contributed by atoms with E-state index in [4.69, 9.17) is 0 Å². The number of nitrogens with zero attached hydrogens (tertiary/aromatic N) is 1. The van der Waals surface area contributed by atoms with E-state index in [2.05, 4.69) is 19.2 Å². The summed E-state index contributed by atoms with van der Waals surface area (Å²) in [6, 6.07) is 0. The fraction of sp³-hybridized carbons (Fsp3) is 1.00. The van der Waals surface area contributed by atoms with Crippen molar-refractivity contribution in [1.82, 2.24) is 5.32 Å². The summed E-state index contributed by atoms with van der Waals surface area (Å²) >= 11 is 0. The average Bonchev–Trinajstić information content (AvgIpc) is 2.20. The normalized spacial score (nSPS) is 19.9. The molecule has 0 amide bonds. The van der Waals surface area contributed by atoms with Gasteiger partial charge in [-0.3, -0.25) is 0 Å². The highest BCUT2D eigenvalue weighted by Crippen LogP contribution is 2.34. The maximum atomic E-state index is 10.6. The Morgan fingerprint density at radius 2 is 1.64 bits per heavy atom. The molecule has 2 heteroatoms. The van der Waals surface area contributed by atoms with Crippen molar-refractivity contribution >= 4 is 0 Å². The molecule has 0 aromatic rings. The summed E-state index contributed by atoms with van der Waals surface area (Å²) in [6.45, 7) is 6.24. The van der Waals surface area contributed by atoms with Crippen molar-refractivity contribution in [2.45, 2.75) is 58.0 Å². The molecule has 1 aliphatic rings. The van der Waals surface area contributed by atoms with Crippen LogP contribution in [-0.2, 0) is 0 Å². The van der Waals surface area contributed by atoms with Crippen LogP contribution < -0.4 is 5.32 Å². The van der Waals surface area contributed by atoms with E-state index in [0.29, 0.717) is 5.92 Å². The summed E-state index contributed by atoms with van der Waals surface area (Å²) in [4.78, 5) is 0. The van der Waals surface area contributed by atoms with Crippen molar-refractivity contribution < 1.29 is 5.11 Å². The molecule has 1 rings (SSSR count). The molecule has 2 nitrogen and oxygen atoms in total. The third kappa shape index (κ3) is 2.96. The van der Waals surface area contributed by atoms with Gasteiger partial charge in [0, 0.05) is 13.1 Å². The van der Waals surface area contributed by atoms with Crippen molar-refractivity contribution in [2.24, 2.45) is 5.92 Å². The standard InChI is InChI=1S/C12H24NO/c1-3-7-12(14,8-4-2)11-5-9-13-10-6-11/h11,14H,3-10H2,1-2H3. The van der Waals surface area contributed by atoms with E-state index < -0.39 is 0 Å². The molecule has 0 bridgehead atoms. The Labute approximate surface area is 88.1 Å². The van der Waals surface area contributed by atoms with E-state index in [1.54, 1.807) is 0 Å². The SMILES string of the molecule is CCCC(O)(CCC)C1CC[N]CC1. The van der Waals surface area contributed by atoms with Crippen LogP contribution >= 0.6 is 0 Å². The van der Waals surface area contributed by atoms with E-state index in [9.17, 15) is 5.11 Å². The Morgan fingerprint density at radius 3 is 2.07 bits per heavy atom. The van der Waals surface area contributed by atoms with Gasteiger partial charge >= 0.3 is 0 Å². The highest BCUT2D eigenvalue weighted by molar-refractivity contribution is 4.88. The molecule has 83 valence electrons. The van der Waals surface area contributed by atoms with E-state index in [-0.39, 0.29) is 5.60 Å². The number of hydrogen-bond donors (Lipinski definition) is 1. The molecule has 0 aromatic heterocycles. The topological polar surface area (TPSA) is 34.3 Å². The third-order valence-electron chi connectivity index (χ3n) is 3.40. The van der Waals surface area contributed by atoms with Gasteiger partial charge in [-0.05, 0) is 31.6 Å². The van der Waals surface area contributed by atoms with Gasteiger partial charge in [-0.15, -0.1) is 0 Å². The molecule has 0 atom stereocenters. The second-order valence-electron chi connectivity index (χ2n) is 4.55. The van der Waals surface area contributed by atoms with Crippen molar-refractivity contribution in [2.75, 3.05) is 13.1 Å². The number of aliphatic hydroxyl groups is 1. The molecule has 1 N–H and O–H groups in total. The minimum Gasteiger partial charge on any atom is -0.390 e. The van der Waals surface area contributed by atoms with Gasteiger partial charge in [-0.2, -0.15) is 0 Å². The molecule has 0 aromatic carbocycles. The van der Waals surface area contributed by atoms with Crippen LogP contribution in [-0.4, -0.2) is 23.8 Å². The van der Waals surface area contributed by atoms with Gasteiger partial charge in [0.2, 0.25) is 0 Å². The van der Waals surface area contributed by atoms with Gasteiger partial charge in [0.15, 0.2) is 0 Å². The second-order valence-corrected chi connectivity index (χ2v) is 4.55. The van der Waals surface area contributed by atoms with Crippen molar-refractivity contribution in [3.63, 3.8) is 0 Å². The highest BCUT2D eigenvalue weighted by atomic mass is 16.3. The molecule has 0 saturated carbocycles. The minimum atomic E-state index is -0.389. The van der Waals surface area contributed by atoms with E-state index >= 15 is 0 Å². The molecular formula is C12H24NO. The van der Waals surface area contributed by atoms with Crippen LogP contribution in [0.1, 0.15) is 52.4 Å². The lowest BCUT2D eigenvalue weighted by molar-refractivity contribution is -0.0458. The zero-order chi connectivity index (χ0) is 10.4. The first kappa shape index (κ1) is 12.0. The Bertz CT molecular complexity index is 146. The number of rotatable bonds is 5. The molecule has 1 radical (unpaired) electrons. The summed E-state index contributed by atoms with van der Waals surface area (Å²) in [6.07, 6.45) is 6.29. The molecule has 1 saturated heterocycles. The van der Waals surface area contributed by atoms with Crippen LogP contribution in [0.3, 0.4) is 0 Å². The maximum absolute atomic E-state index is 10.6. The number of piperidine rings is 1.